The summed E-state index contributed by atoms with van der Waals surface area (Å²) < 4.78 is 25.5. The van der Waals surface area contributed by atoms with Crippen LogP contribution in [0.2, 0.25) is 0 Å². The summed E-state index contributed by atoms with van der Waals surface area (Å²) >= 11 is 0. The average Bonchev–Trinajstić information content (AvgIpc) is 2.90. The molecule has 0 aliphatic carbocycles. The summed E-state index contributed by atoms with van der Waals surface area (Å²) in [6, 6.07) is 6.00. The van der Waals surface area contributed by atoms with Gasteiger partial charge >= 0.3 is 16.1 Å². The van der Waals surface area contributed by atoms with Gasteiger partial charge in [0.1, 0.15) is 17.5 Å². The number of likely N-dealkylation sites (tertiary alicyclic amines) is 1. The van der Waals surface area contributed by atoms with Gasteiger partial charge in [-0.15, -0.1) is 3.89 Å². The zero-order chi connectivity index (χ0) is 16.0. The second kappa shape index (κ2) is 5.03. The summed E-state index contributed by atoms with van der Waals surface area (Å²) in [7, 11) is -4.07. The molecule has 0 spiro atoms. The molecule has 7 heteroatoms. The van der Waals surface area contributed by atoms with Gasteiger partial charge in [0.2, 0.25) is 0 Å². The maximum absolute atomic E-state index is 13.2. The van der Waals surface area contributed by atoms with Crippen LogP contribution in [0.5, 0.6) is 0 Å². The lowest BCUT2D eigenvalue weighted by Gasteiger charge is -2.31. The maximum Gasteiger partial charge on any atom is 0.529 e. The fourth-order valence-corrected chi connectivity index (χ4v) is 5.51. The van der Waals surface area contributed by atoms with E-state index in [9.17, 15) is 18.3 Å². The van der Waals surface area contributed by atoms with Gasteiger partial charge in [-0.1, -0.05) is 12.1 Å². The molecule has 0 saturated carbocycles. The van der Waals surface area contributed by atoms with Crippen molar-refractivity contribution in [3.05, 3.63) is 36.7 Å². The van der Waals surface area contributed by atoms with Crippen molar-refractivity contribution in [3.63, 3.8) is 0 Å². The van der Waals surface area contributed by atoms with Crippen LogP contribution in [-0.4, -0.2) is 41.1 Å². The molecule has 3 rings (SSSR count). The molecular weight excluding hydrogens is 304 g/mol. The van der Waals surface area contributed by atoms with Gasteiger partial charge < -0.3 is 5.11 Å². The Morgan fingerprint density at radius 3 is 2.77 bits per heavy atom. The quantitative estimate of drug-likeness (QED) is 0.860. The molecule has 1 saturated heterocycles. The van der Waals surface area contributed by atoms with Gasteiger partial charge in [-0.3, -0.25) is 4.98 Å². The van der Waals surface area contributed by atoms with Gasteiger partial charge in [0.15, 0.2) is 0 Å². The smallest absolute Gasteiger partial charge is 0.435 e. The van der Waals surface area contributed by atoms with Gasteiger partial charge in [-0.25, -0.2) is 0 Å². The molecule has 1 unspecified atom stereocenters. The monoisotopic (exact) mass is 321 g/mol. The molecule has 0 radical (unpaired) electrons. The number of sulfonamides is 1. The van der Waals surface area contributed by atoms with Crippen molar-refractivity contribution in [1.82, 2.24) is 4.98 Å². The summed E-state index contributed by atoms with van der Waals surface area (Å²) in [5.74, 6) is 0. The van der Waals surface area contributed by atoms with E-state index in [0.29, 0.717) is 23.6 Å². The maximum atomic E-state index is 13.2. The van der Waals surface area contributed by atoms with Crippen LogP contribution < -0.4 is 0 Å². The first-order valence-corrected chi connectivity index (χ1v) is 8.54. The lowest BCUT2D eigenvalue weighted by atomic mass is 10.2. The minimum atomic E-state index is -4.07. The molecule has 1 N–H and O–H groups in total. The fraction of sp³-hybridized carbons (Fsp3) is 0.333. The van der Waals surface area contributed by atoms with Gasteiger partial charge in [0, 0.05) is 36.0 Å². The second-order valence-electron chi connectivity index (χ2n) is 5.62. The first-order valence-electron chi connectivity index (χ1n) is 7.10. The van der Waals surface area contributed by atoms with Crippen molar-refractivity contribution in [3.8, 4) is 0 Å². The predicted octanol–water partition coefficient (Wildman–Crippen LogP) is 2.60. The number of quaternary nitrogens is 1. The van der Waals surface area contributed by atoms with Crippen LogP contribution in [0.1, 0.15) is 19.8 Å². The van der Waals surface area contributed by atoms with Crippen LogP contribution in [0.15, 0.2) is 41.6 Å². The van der Waals surface area contributed by atoms with E-state index >= 15 is 0 Å². The first-order chi connectivity index (χ1) is 10.4. The normalized spacial score (nSPS) is 25.4. The molecule has 116 valence electrons. The number of nitrogens with zero attached hydrogens (tertiary/aromatic N) is 2. The molecule has 2 heterocycles. The summed E-state index contributed by atoms with van der Waals surface area (Å²) in [6.45, 7) is 1.78. The Morgan fingerprint density at radius 2 is 2.14 bits per heavy atom. The molecule has 1 fully saturated rings. The van der Waals surface area contributed by atoms with Crippen molar-refractivity contribution in [2.75, 3.05) is 6.54 Å². The molecule has 22 heavy (non-hydrogen) atoms. The van der Waals surface area contributed by atoms with Crippen molar-refractivity contribution in [2.24, 2.45) is 0 Å². The summed E-state index contributed by atoms with van der Waals surface area (Å²) in [5, 5.41) is 10.9. The second-order valence-corrected chi connectivity index (χ2v) is 7.66. The summed E-state index contributed by atoms with van der Waals surface area (Å²) in [5.41, 5.74) is 0. The number of fused-ring (bicyclic) bond motifs is 1. The number of hydrogen-bond acceptors (Lipinski definition) is 4. The molecule has 1 amide bonds. The summed E-state index contributed by atoms with van der Waals surface area (Å²) in [4.78, 5) is 15.9. The average molecular weight is 321 g/mol. The van der Waals surface area contributed by atoms with E-state index in [2.05, 4.69) is 4.98 Å². The van der Waals surface area contributed by atoms with Gasteiger partial charge in [0.05, 0.1) is 0 Å². The van der Waals surface area contributed by atoms with Crippen LogP contribution in [0, 0.1) is 0 Å². The number of pyridine rings is 1. The van der Waals surface area contributed by atoms with Gasteiger partial charge in [0.25, 0.3) is 0 Å². The SMILES string of the molecule is C[C@@H]1CCC[N+]1(C(=O)O)S(=O)(=O)c1cccc2cnccc12. The predicted molar refractivity (Wildman–Crippen MR) is 80.8 cm³/mol. The van der Waals surface area contributed by atoms with Crippen LogP contribution in [0.3, 0.4) is 0 Å². The Morgan fingerprint density at radius 1 is 1.36 bits per heavy atom. The van der Waals surface area contributed by atoms with Gasteiger partial charge in [-0.2, -0.15) is 13.2 Å². The standard InChI is InChI=1S/C15H16N2O4S/c1-11-4-3-9-17(11,15(18)19)22(20,21)14-6-2-5-12-10-16-8-7-13(12)14/h2,5-8,10-11H,3-4,9H2,1H3/p+1/t11-,17?/m1/s1. The van der Waals surface area contributed by atoms with Crippen molar-refractivity contribution in [1.29, 1.82) is 0 Å². The van der Waals surface area contributed by atoms with E-state index in [-0.39, 0.29) is 11.4 Å². The topological polar surface area (TPSA) is 84.3 Å². The number of benzene rings is 1. The highest BCUT2D eigenvalue weighted by molar-refractivity contribution is 7.86. The number of hydrogen-bond donors (Lipinski definition) is 1. The van der Waals surface area contributed by atoms with E-state index in [1.807, 2.05) is 0 Å². The first kappa shape index (κ1) is 14.9. The Labute approximate surface area is 128 Å². The largest absolute Gasteiger partial charge is 0.529 e. The Kier molecular flexibility index (Phi) is 3.41. The molecule has 6 nitrogen and oxygen atoms in total. The summed E-state index contributed by atoms with van der Waals surface area (Å²) in [6.07, 6.45) is 2.94. The molecule has 1 aliphatic heterocycles. The van der Waals surface area contributed by atoms with E-state index in [1.54, 1.807) is 31.3 Å². The molecule has 1 aromatic heterocycles. The molecule has 2 aromatic rings. The van der Waals surface area contributed by atoms with Crippen molar-refractivity contribution >= 4 is 26.9 Å². The Balaban J connectivity index is 2.31. The highest BCUT2D eigenvalue weighted by Crippen LogP contribution is 2.37. The molecule has 1 aliphatic rings. The van der Waals surface area contributed by atoms with Crippen LogP contribution >= 0.6 is 0 Å². The van der Waals surface area contributed by atoms with Crippen LogP contribution in [-0.2, 0) is 10.0 Å². The minimum Gasteiger partial charge on any atom is -0.435 e. The molecule has 0 bridgehead atoms. The number of amides is 1. The zero-order valence-corrected chi connectivity index (χ0v) is 13.0. The van der Waals surface area contributed by atoms with E-state index < -0.39 is 26.0 Å². The van der Waals surface area contributed by atoms with Crippen molar-refractivity contribution < 1.29 is 22.2 Å². The lowest BCUT2D eigenvalue weighted by molar-refractivity contribution is -0.741. The third-order valence-electron chi connectivity index (χ3n) is 4.50. The third-order valence-corrected chi connectivity index (χ3v) is 6.96. The Bertz CT molecular complexity index is 844. The minimum absolute atomic E-state index is 0.0588. The van der Waals surface area contributed by atoms with Crippen molar-refractivity contribution in [2.45, 2.75) is 30.7 Å². The number of aromatic nitrogens is 1. The van der Waals surface area contributed by atoms with Crippen LogP contribution in [0.25, 0.3) is 10.8 Å². The number of carboxylic acid groups (broad SMARTS) is 1. The van der Waals surface area contributed by atoms with E-state index in [4.69, 9.17) is 0 Å². The number of rotatable bonds is 2. The zero-order valence-electron chi connectivity index (χ0n) is 12.1. The fourth-order valence-electron chi connectivity index (χ4n) is 3.29. The molecular formula is C15H17N2O4S+. The third kappa shape index (κ3) is 1.85. The van der Waals surface area contributed by atoms with Gasteiger partial charge in [-0.05, 0) is 19.1 Å². The number of carbonyl (C=O) groups is 1. The van der Waals surface area contributed by atoms with E-state index in [0.717, 1.165) is 0 Å². The van der Waals surface area contributed by atoms with Crippen LogP contribution in [0.4, 0.5) is 4.79 Å². The highest BCUT2D eigenvalue weighted by atomic mass is 32.2. The lowest BCUT2D eigenvalue weighted by Crippen LogP contribution is -2.58. The highest BCUT2D eigenvalue weighted by Gasteiger charge is 2.57. The van der Waals surface area contributed by atoms with E-state index in [1.165, 1.54) is 12.3 Å². The Hall–Kier alpha value is -1.99. The molecule has 2 atom stereocenters. The molecule has 1 aromatic carbocycles.